The Balaban J connectivity index is 2.24. The maximum absolute atomic E-state index is 11.8. The van der Waals surface area contributed by atoms with Crippen molar-refractivity contribution in [1.82, 2.24) is 9.97 Å². The smallest absolute Gasteiger partial charge is 0.175 e. The highest BCUT2D eigenvalue weighted by atomic mass is 32.2. The number of sulfone groups is 1. The topological polar surface area (TPSA) is 90.2 Å². The molecule has 0 aliphatic rings. The normalized spacial score (nSPS) is 11.1. The van der Waals surface area contributed by atoms with Crippen LogP contribution < -0.4 is 9.80 Å². The van der Waals surface area contributed by atoms with Crippen molar-refractivity contribution in [3.8, 4) is 28.6 Å². The summed E-state index contributed by atoms with van der Waals surface area (Å²) in [7, 11) is 4.36. The van der Waals surface area contributed by atoms with Crippen molar-refractivity contribution in [2.24, 2.45) is 0 Å². The molecule has 0 saturated heterocycles. The molecule has 3 rings (SSSR count). The molecule has 8 heteroatoms. The van der Waals surface area contributed by atoms with Crippen molar-refractivity contribution in [3.05, 3.63) is 54.2 Å². The lowest BCUT2D eigenvalue weighted by Crippen LogP contribution is -2.16. The molecule has 0 aliphatic carbocycles. The molecule has 0 spiro atoms. The first-order valence-electron chi connectivity index (χ1n) is 9.65. The third kappa shape index (κ3) is 4.84. The number of nitriles is 1. The van der Waals surface area contributed by atoms with E-state index >= 15 is 0 Å². The third-order valence-corrected chi connectivity index (χ3v) is 5.96. The van der Waals surface area contributed by atoms with E-state index in [1.54, 1.807) is 24.3 Å². The van der Waals surface area contributed by atoms with Gasteiger partial charge in [-0.2, -0.15) is 5.26 Å². The molecular weight excluding hydrogens is 410 g/mol. The highest BCUT2D eigenvalue weighted by molar-refractivity contribution is 7.90. The van der Waals surface area contributed by atoms with Crippen LogP contribution in [-0.4, -0.2) is 52.8 Å². The van der Waals surface area contributed by atoms with E-state index in [9.17, 15) is 13.7 Å². The summed E-state index contributed by atoms with van der Waals surface area (Å²) in [6.07, 6.45) is 1.32. The van der Waals surface area contributed by atoms with Crippen molar-refractivity contribution in [3.63, 3.8) is 0 Å². The summed E-state index contributed by atoms with van der Waals surface area (Å²) in [4.78, 5) is 13.7. The van der Waals surface area contributed by atoms with Crippen LogP contribution in [0.25, 0.3) is 22.5 Å². The second kappa shape index (κ2) is 8.74. The van der Waals surface area contributed by atoms with Gasteiger partial charge in [-0.1, -0.05) is 24.3 Å². The lowest BCUT2D eigenvalue weighted by molar-refractivity contribution is 0.602. The Labute approximate surface area is 183 Å². The Hall–Kier alpha value is -3.44. The van der Waals surface area contributed by atoms with Crippen molar-refractivity contribution in [1.29, 1.82) is 5.26 Å². The highest BCUT2D eigenvalue weighted by Gasteiger charge is 2.19. The highest BCUT2D eigenvalue weighted by Crippen LogP contribution is 2.33. The fourth-order valence-corrected chi connectivity index (χ4v) is 3.82. The van der Waals surface area contributed by atoms with Gasteiger partial charge in [-0.15, -0.1) is 0 Å². The van der Waals surface area contributed by atoms with Gasteiger partial charge in [-0.3, -0.25) is 0 Å². The van der Waals surface area contributed by atoms with Crippen LogP contribution in [0.5, 0.6) is 0 Å². The van der Waals surface area contributed by atoms with Gasteiger partial charge < -0.3 is 9.80 Å². The molecule has 3 aromatic rings. The second-order valence-electron chi connectivity index (χ2n) is 7.66. The molecule has 31 heavy (non-hydrogen) atoms. The molecule has 160 valence electrons. The number of hydrogen-bond acceptors (Lipinski definition) is 7. The molecule has 0 amide bonds. The number of benzene rings is 2. The van der Waals surface area contributed by atoms with Crippen LogP contribution >= 0.6 is 0 Å². The number of aromatic nitrogens is 2. The molecule has 1 aromatic heterocycles. The number of nitrogens with zero attached hydrogens (tertiary/aromatic N) is 5. The molecule has 2 aromatic carbocycles. The lowest BCUT2D eigenvalue weighted by Gasteiger charge is -2.19. The van der Waals surface area contributed by atoms with Crippen LogP contribution in [0, 0.1) is 11.3 Å². The van der Waals surface area contributed by atoms with Crippen LogP contribution in [0.3, 0.4) is 0 Å². The van der Waals surface area contributed by atoms with E-state index < -0.39 is 9.84 Å². The van der Waals surface area contributed by atoms with E-state index in [1.165, 1.54) is 6.26 Å². The number of anilines is 2. The van der Waals surface area contributed by atoms with E-state index in [1.807, 2.05) is 62.3 Å². The summed E-state index contributed by atoms with van der Waals surface area (Å²) < 4.78 is 23.7. The monoisotopic (exact) mass is 435 g/mol. The van der Waals surface area contributed by atoms with Gasteiger partial charge in [0.1, 0.15) is 0 Å². The van der Waals surface area contributed by atoms with Crippen molar-refractivity contribution in [2.75, 3.05) is 44.2 Å². The molecule has 7 nitrogen and oxygen atoms in total. The van der Waals surface area contributed by atoms with Crippen molar-refractivity contribution >= 4 is 21.3 Å². The van der Waals surface area contributed by atoms with E-state index in [-0.39, 0.29) is 11.3 Å². The van der Waals surface area contributed by atoms with Crippen LogP contribution in [-0.2, 0) is 16.3 Å². The molecule has 0 bridgehead atoms. The fourth-order valence-electron chi connectivity index (χ4n) is 3.19. The van der Waals surface area contributed by atoms with Gasteiger partial charge in [0.2, 0.25) is 0 Å². The van der Waals surface area contributed by atoms with Crippen LogP contribution in [0.15, 0.2) is 53.4 Å². The van der Waals surface area contributed by atoms with Gasteiger partial charge in [0.25, 0.3) is 0 Å². The zero-order valence-electron chi connectivity index (χ0n) is 18.3. The Kier molecular flexibility index (Phi) is 6.27. The molecule has 0 N–H and O–H groups in total. The summed E-state index contributed by atoms with van der Waals surface area (Å²) in [5.74, 6) is 0.609. The quantitative estimate of drug-likeness (QED) is 0.586. The second-order valence-corrected chi connectivity index (χ2v) is 9.67. The minimum Gasteiger partial charge on any atom is -0.378 e. The Morgan fingerprint density at radius 2 is 1.35 bits per heavy atom. The van der Waals surface area contributed by atoms with E-state index in [0.29, 0.717) is 22.9 Å². The average Bonchev–Trinajstić information content (AvgIpc) is 2.73. The van der Waals surface area contributed by atoms with Crippen molar-refractivity contribution in [2.45, 2.75) is 11.3 Å². The summed E-state index contributed by atoms with van der Waals surface area (Å²) >= 11 is 0. The largest absolute Gasteiger partial charge is 0.378 e. The van der Waals surface area contributed by atoms with Gasteiger partial charge in [0.15, 0.2) is 15.7 Å². The molecular formula is C23H25N5O2S. The first-order valence-corrected chi connectivity index (χ1v) is 11.5. The molecule has 0 fully saturated rings. The summed E-state index contributed by atoms with van der Waals surface area (Å²) in [5, 5.41) is 9.28. The van der Waals surface area contributed by atoms with E-state index in [2.05, 4.69) is 6.07 Å². The lowest BCUT2D eigenvalue weighted by atomic mass is 10.0. The molecule has 0 radical (unpaired) electrons. The van der Waals surface area contributed by atoms with Gasteiger partial charge >= 0.3 is 0 Å². The van der Waals surface area contributed by atoms with Gasteiger partial charge in [0.05, 0.1) is 34.5 Å². The minimum absolute atomic E-state index is 0.136. The Bertz CT molecular complexity index is 1230. The van der Waals surface area contributed by atoms with E-state index in [0.717, 1.165) is 16.8 Å². The van der Waals surface area contributed by atoms with Gasteiger partial charge in [0, 0.05) is 51.3 Å². The zero-order valence-corrected chi connectivity index (χ0v) is 19.1. The summed E-state index contributed by atoms with van der Waals surface area (Å²) in [5.41, 5.74) is 4.54. The third-order valence-electron chi connectivity index (χ3n) is 4.83. The predicted molar refractivity (Wildman–Crippen MR) is 124 cm³/mol. The van der Waals surface area contributed by atoms with Crippen LogP contribution in [0.4, 0.5) is 11.5 Å². The fraction of sp³-hybridized carbons (Fsp3) is 0.261. The zero-order chi connectivity index (χ0) is 22.8. The standard InChI is InChI=1S/C23H25N5O2S/c1-27(2)18-10-6-16(7-11-18)21-22(17-8-12-19(13-9-17)31(5,29)30)26-23(28(3)4)20(25-21)14-15-24/h6-13H,14H2,1-5H3. The van der Waals surface area contributed by atoms with Gasteiger partial charge in [-0.25, -0.2) is 18.4 Å². The summed E-state index contributed by atoms with van der Waals surface area (Å²) in [6, 6.07) is 16.7. The molecule has 0 atom stereocenters. The number of rotatable bonds is 6. The minimum atomic E-state index is -3.30. The Morgan fingerprint density at radius 1 is 0.839 bits per heavy atom. The molecule has 1 heterocycles. The molecule has 0 saturated carbocycles. The van der Waals surface area contributed by atoms with Crippen LogP contribution in [0.2, 0.25) is 0 Å². The maximum Gasteiger partial charge on any atom is 0.175 e. The maximum atomic E-state index is 11.8. The SMILES string of the molecule is CN(C)c1ccc(-c2nc(CC#N)c(N(C)C)nc2-c2ccc(S(C)(=O)=O)cc2)cc1. The van der Waals surface area contributed by atoms with Crippen molar-refractivity contribution < 1.29 is 8.42 Å². The first kappa shape index (κ1) is 22.2. The van der Waals surface area contributed by atoms with E-state index in [4.69, 9.17) is 9.97 Å². The molecule has 0 aliphatic heterocycles. The number of hydrogen-bond donors (Lipinski definition) is 0. The van der Waals surface area contributed by atoms with Crippen LogP contribution in [0.1, 0.15) is 5.69 Å². The Morgan fingerprint density at radius 3 is 1.81 bits per heavy atom. The van der Waals surface area contributed by atoms with Gasteiger partial charge in [-0.05, 0) is 24.3 Å². The average molecular weight is 436 g/mol. The molecule has 0 unspecified atom stereocenters. The predicted octanol–water partition coefficient (Wildman–Crippen LogP) is 3.41. The summed E-state index contributed by atoms with van der Waals surface area (Å²) in [6.45, 7) is 0. The first-order chi connectivity index (χ1) is 14.6.